The topological polar surface area (TPSA) is 95.5 Å². The van der Waals surface area contributed by atoms with Crippen LogP contribution in [0.1, 0.15) is 12.8 Å². The second kappa shape index (κ2) is 6.01. The molecular weight excluding hydrogens is 276 g/mol. The molecular formula is C14H16N2O5. The van der Waals surface area contributed by atoms with Gasteiger partial charge in [-0.2, -0.15) is 0 Å². The number of hydrogen-bond acceptors (Lipinski definition) is 5. The van der Waals surface area contributed by atoms with Crippen LogP contribution < -0.4 is 0 Å². The lowest BCUT2D eigenvalue weighted by Crippen LogP contribution is -2.46. The third-order valence-corrected chi connectivity index (χ3v) is 3.68. The van der Waals surface area contributed by atoms with Crippen LogP contribution in [0, 0.1) is 20.2 Å². The highest BCUT2D eigenvalue weighted by molar-refractivity contribution is 5.19. The summed E-state index contributed by atoms with van der Waals surface area (Å²) in [5.74, 6) is 0. The first-order chi connectivity index (χ1) is 10.0. The third kappa shape index (κ3) is 3.08. The maximum absolute atomic E-state index is 11.3. The Morgan fingerprint density at radius 3 is 1.57 bits per heavy atom. The van der Waals surface area contributed by atoms with Gasteiger partial charge < -0.3 is 4.74 Å². The fraction of sp³-hybridized carbons (Fsp3) is 0.429. The molecule has 21 heavy (non-hydrogen) atoms. The molecule has 2 rings (SSSR count). The third-order valence-electron chi connectivity index (χ3n) is 3.68. The molecule has 7 heteroatoms. The Morgan fingerprint density at radius 2 is 1.29 bits per heavy atom. The van der Waals surface area contributed by atoms with E-state index in [1.54, 1.807) is 36.5 Å². The molecule has 0 N–H and O–H groups in total. The molecule has 112 valence electrons. The Hall–Kier alpha value is -2.28. The monoisotopic (exact) mass is 292 g/mol. The van der Waals surface area contributed by atoms with E-state index in [2.05, 4.69) is 0 Å². The van der Waals surface area contributed by atoms with Crippen molar-refractivity contribution < 1.29 is 14.6 Å². The first kappa shape index (κ1) is 15.1. The molecule has 0 saturated carbocycles. The molecule has 0 aliphatic heterocycles. The molecule has 0 saturated heterocycles. The lowest BCUT2D eigenvalue weighted by atomic mass is 9.91. The zero-order valence-corrected chi connectivity index (χ0v) is 11.4. The summed E-state index contributed by atoms with van der Waals surface area (Å²) in [7, 11) is 0. The van der Waals surface area contributed by atoms with Gasteiger partial charge in [0.05, 0.1) is 0 Å². The van der Waals surface area contributed by atoms with Crippen molar-refractivity contribution in [2.75, 3.05) is 13.2 Å². The highest BCUT2D eigenvalue weighted by atomic mass is 16.6. The standard InChI is InChI=1S/C14H16N2O5/c17-15(18)13(7-3-1-4-8-13)11-21-12-14(16(19)20)9-5-2-6-10-14/h1-7,9H,8,10-12H2. The molecule has 7 nitrogen and oxygen atoms in total. The maximum Gasteiger partial charge on any atom is 0.266 e. The highest BCUT2D eigenvalue weighted by Crippen LogP contribution is 2.25. The van der Waals surface area contributed by atoms with Crippen LogP contribution in [0.5, 0.6) is 0 Å². The first-order valence-electron chi connectivity index (χ1n) is 6.56. The Morgan fingerprint density at radius 1 is 0.857 bits per heavy atom. The second-order valence-corrected chi connectivity index (χ2v) is 5.20. The quantitative estimate of drug-likeness (QED) is 0.551. The van der Waals surface area contributed by atoms with Gasteiger partial charge in [-0.1, -0.05) is 36.5 Å². The van der Waals surface area contributed by atoms with Crippen LogP contribution >= 0.6 is 0 Å². The molecule has 0 spiro atoms. The minimum Gasteiger partial charge on any atom is -0.366 e. The summed E-state index contributed by atoms with van der Waals surface area (Å²) in [6.07, 6.45) is 13.4. The number of rotatable bonds is 6. The average molecular weight is 292 g/mol. The van der Waals surface area contributed by atoms with Gasteiger partial charge in [0.15, 0.2) is 0 Å². The molecule has 0 fully saturated rings. The zero-order chi connectivity index (χ0) is 15.3. The Kier molecular flexibility index (Phi) is 4.32. The molecule has 2 atom stereocenters. The molecule has 0 radical (unpaired) electrons. The number of ether oxygens (including phenoxy) is 1. The molecule has 0 bridgehead atoms. The summed E-state index contributed by atoms with van der Waals surface area (Å²) in [6, 6.07) is 0. The second-order valence-electron chi connectivity index (χ2n) is 5.20. The van der Waals surface area contributed by atoms with Crippen LogP contribution in [0.15, 0.2) is 48.6 Å². The summed E-state index contributed by atoms with van der Waals surface area (Å²) < 4.78 is 5.39. The van der Waals surface area contributed by atoms with E-state index in [1.807, 2.05) is 0 Å². The van der Waals surface area contributed by atoms with Crippen molar-refractivity contribution in [1.29, 1.82) is 0 Å². The van der Waals surface area contributed by atoms with E-state index >= 15 is 0 Å². The van der Waals surface area contributed by atoms with Gasteiger partial charge in [0.2, 0.25) is 0 Å². The van der Waals surface area contributed by atoms with E-state index in [4.69, 9.17) is 4.74 Å². The SMILES string of the molecule is O=[N+]([O-])C1(COCC2([N+](=O)[O-])C=CC=CC2)C=CC=CC1. The van der Waals surface area contributed by atoms with E-state index in [0.717, 1.165) is 0 Å². The van der Waals surface area contributed by atoms with Crippen LogP contribution in [-0.4, -0.2) is 34.1 Å². The van der Waals surface area contributed by atoms with E-state index in [0.29, 0.717) is 0 Å². The summed E-state index contributed by atoms with van der Waals surface area (Å²) in [5.41, 5.74) is -2.67. The largest absolute Gasteiger partial charge is 0.366 e. The molecule has 2 unspecified atom stereocenters. The highest BCUT2D eigenvalue weighted by Gasteiger charge is 2.44. The van der Waals surface area contributed by atoms with Gasteiger partial charge >= 0.3 is 0 Å². The van der Waals surface area contributed by atoms with E-state index in [-0.39, 0.29) is 26.1 Å². The molecule has 0 aromatic rings. The molecule has 2 aliphatic carbocycles. The van der Waals surface area contributed by atoms with Gasteiger partial charge in [0, 0.05) is 22.7 Å². The summed E-state index contributed by atoms with van der Waals surface area (Å²) in [6.45, 7) is -0.373. The smallest absolute Gasteiger partial charge is 0.266 e. The van der Waals surface area contributed by atoms with Crippen LogP contribution in [0.4, 0.5) is 0 Å². The predicted molar refractivity (Wildman–Crippen MR) is 76.1 cm³/mol. The van der Waals surface area contributed by atoms with Crippen molar-refractivity contribution in [3.8, 4) is 0 Å². The van der Waals surface area contributed by atoms with Gasteiger partial charge in [-0.05, 0) is 12.2 Å². The van der Waals surface area contributed by atoms with Gasteiger partial charge in [-0.3, -0.25) is 20.2 Å². The molecule has 2 aliphatic rings. The number of nitrogens with zero attached hydrogens (tertiary/aromatic N) is 2. The normalized spacial score (nSPS) is 30.5. The summed E-state index contributed by atoms with van der Waals surface area (Å²) >= 11 is 0. The van der Waals surface area contributed by atoms with Crippen molar-refractivity contribution in [1.82, 2.24) is 0 Å². The lowest BCUT2D eigenvalue weighted by molar-refractivity contribution is -0.570. The van der Waals surface area contributed by atoms with E-state index in [1.165, 1.54) is 12.2 Å². The van der Waals surface area contributed by atoms with Crippen molar-refractivity contribution in [2.24, 2.45) is 0 Å². The van der Waals surface area contributed by atoms with E-state index in [9.17, 15) is 20.2 Å². The minimum atomic E-state index is -1.33. The van der Waals surface area contributed by atoms with Crippen LogP contribution in [0.25, 0.3) is 0 Å². The van der Waals surface area contributed by atoms with Crippen molar-refractivity contribution in [2.45, 2.75) is 23.9 Å². The van der Waals surface area contributed by atoms with E-state index < -0.39 is 20.9 Å². The van der Waals surface area contributed by atoms with Crippen molar-refractivity contribution in [3.05, 3.63) is 68.8 Å². The molecule has 0 heterocycles. The summed E-state index contributed by atoms with van der Waals surface area (Å²) in [4.78, 5) is 21.7. The molecule has 0 aromatic carbocycles. The minimum absolute atomic E-state index is 0.187. The Labute approximate surface area is 121 Å². The molecule has 0 amide bonds. The number of allylic oxidation sites excluding steroid dienone is 4. The summed E-state index contributed by atoms with van der Waals surface area (Å²) in [5, 5.41) is 22.5. The number of hydrogen-bond donors (Lipinski definition) is 0. The fourth-order valence-electron chi connectivity index (χ4n) is 2.30. The predicted octanol–water partition coefficient (Wildman–Crippen LogP) is 2.07. The Bertz CT molecular complexity index is 504. The van der Waals surface area contributed by atoms with Gasteiger partial charge in [0.25, 0.3) is 11.1 Å². The van der Waals surface area contributed by atoms with Crippen molar-refractivity contribution in [3.63, 3.8) is 0 Å². The maximum atomic E-state index is 11.3. The van der Waals surface area contributed by atoms with Gasteiger partial charge in [-0.25, -0.2) is 0 Å². The zero-order valence-electron chi connectivity index (χ0n) is 11.4. The Balaban J connectivity index is 2.02. The number of nitro groups is 2. The average Bonchev–Trinajstić information content (AvgIpc) is 2.49. The first-order valence-corrected chi connectivity index (χ1v) is 6.56. The van der Waals surface area contributed by atoms with Crippen LogP contribution in [-0.2, 0) is 4.74 Å². The fourth-order valence-corrected chi connectivity index (χ4v) is 2.30. The van der Waals surface area contributed by atoms with Gasteiger partial charge in [-0.15, -0.1) is 0 Å². The molecule has 0 aromatic heterocycles. The van der Waals surface area contributed by atoms with Crippen LogP contribution in [0.3, 0.4) is 0 Å². The van der Waals surface area contributed by atoms with Gasteiger partial charge in [0.1, 0.15) is 13.2 Å². The van der Waals surface area contributed by atoms with Crippen LogP contribution in [0.2, 0.25) is 0 Å². The van der Waals surface area contributed by atoms with Crippen molar-refractivity contribution >= 4 is 0 Å². The lowest BCUT2D eigenvalue weighted by Gasteiger charge is -2.26.